The van der Waals surface area contributed by atoms with Crippen molar-refractivity contribution in [1.29, 1.82) is 0 Å². The number of piperidine rings is 1. The van der Waals surface area contributed by atoms with Crippen molar-refractivity contribution in [2.75, 3.05) is 0 Å². The molecule has 1 amide bonds. The van der Waals surface area contributed by atoms with Gasteiger partial charge >= 0.3 is 6.09 Å². The molecule has 1 aromatic carbocycles. The summed E-state index contributed by atoms with van der Waals surface area (Å²) in [4.78, 5) is 12.7. The van der Waals surface area contributed by atoms with Crippen LogP contribution in [0, 0.1) is 5.82 Å². The largest absolute Gasteiger partial charge is 0.490 e. The Morgan fingerprint density at radius 2 is 1.79 bits per heavy atom. The predicted octanol–water partition coefficient (Wildman–Crippen LogP) is 2.88. The second-order valence-corrected chi connectivity index (χ2v) is 5.24. The summed E-state index contributed by atoms with van der Waals surface area (Å²) in [6, 6.07) is 6.11. The Labute approximate surface area is 110 Å². The Morgan fingerprint density at radius 3 is 2.32 bits per heavy atom. The standard InChI is InChI=1S/C14H16FNO3/c15-9-1-5-12(6-2-9)19-13-7-10-3-4-11(8-13)16(10)14(17)18/h1-2,5-6,10-11,13H,3-4,7-8H2,(H,17,18)/t10-,11+,13?. The van der Waals surface area contributed by atoms with Gasteiger partial charge in [-0.1, -0.05) is 0 Å². The molecule has 2 saturated heterocycles. The second-order valence-electron chi connectivity index (χ2n) is 5.24. The maximum atomic E-state index is 12.8. The van der Waals surface area contributed by atoms with E-state index >= 15 is 0 Å². The van der Waals surface area contributed by atoms with E-state index in [9.17, 15) is 9.18 Å². The summed E-state index contributed by atoms with van der Waals surface area (Å²) in [5.41, 5.74) is 0. The molecule has 2 aliphatic rings. The van der Waals surface area contributed by atoms with Crippen LogP contribution in [0.1, 0.15) is 25.7 Å². The van der Waals surface area contributed by atoms with E-state index in [1.54, 1.807) is 17.0 Å². The van der Waals surface area contributed by atoms with Crippen LogP contribution in [0.25, 0.3) is 0 Å². The van der Waals surface area contributed by atoms with Crippen LogP contribution in [-0.2, 0) is 0 Å². The van der Waals surface area contributed by atoms with Crippen molar-refractivity contribution in [3.05, 3.63) is 30.1 Å². The third-order valence-corrected chi connectivity index (χ3v) is 4.03. The number of benzene rings is 1. The maximum Gasteiger partial charge on any atom is 0.407 e. The van der Waals surface area contributed by atoms with Crippen molar-refractivity contribution in [1.82, 2.24) is 4.90 Å². The van der Waals surface area contributed by atoms with Gasteiger partial charge in [-0.3, -0.25) is 0 Å². The number of hydrogen-bond acceptors (Lipinski definition) is 2. The summed E-state index contributed by atoms with van der Waals surface area (Å²) < 4.78 is 18.6. The lowest BCUT2D eigenvalue weighted by Crippen LogP contribution is -2.48. The molecule has 3 rings (SSSR count). The molecule has 0 radical (unpaired) electrons. The van der Waals surface area contributed by atoms with Crippen LogP contribution >= 0.6 is 0 Å². The minimum Gasteiger partial charge on any atom is -0.490 e. The van der Waals surface area contributed by atoms with Crippen LogP contribution in [0.3, 0.4) is 0 Å². The molecule has 1 unspecified atom stereocenters. The van der Waals surface area contributed by atoms with Crippen molar-refractivity contribution in [2.45, 2.75) is 43.9 Å². The number of carbonyl (C=O) groups is 1. The molecular weight excluding hydrogens is 249 g/mol. The number of carboxylic acid groups (broad SMARTS) is 1. The second kappa shape index (κ2) is 4.72. The van der Waals surface area contributed by atoms with E-state index in [1.807, 2.05) is 0 Å². The van der Waals surface area contributed by atoms with Crippen LogP contribution in [0.5, 0.6) is 5.75 Å². The van der Waals surface area contributed by atoms with Gasteiger partial charge in [-0.2, -0.15) is 0 Å². The topological polar surface area (TPSA) is 49.8 Å². The zero-order valence-corrected chi connectivity index (χ0v) is 10.5. The average molecular weight is 265 g/mol. The van der Waals surface area contributed by atoms with E-state index in [1.165, 1.54) is 12.1 Å². The molecule has 0 aromatic heterocycles. The Morgan fingerprint density at radius 1 is 1.21 bits per heavy atom. The molecule has 4 nitrogen and oxygen atoms in total. The molecular formula is C14H16FNO3. The van der Waals surface area contributed by atoms with Gasteiger partial charge in [0.25, 0.3) is 0 Å². The third kappa shape index (κ3) is 2.37. The Hall–Kier alpha value is -1.78. The van der Waals surface area contributed by atoms with Crippen LogP contribution in [0.2, 0.25) is 0 Å². The summed E-state index contributed by atoms with van der Waals surface area (Å²) in [6.07, 6.45) is 2.48. The monoisotopic (exact) mass is 265 g/mol. The molecule has 19 heavy (non-hydrogen) atoms. The van der Waals surface area contributed by atoms with Gasteiger partial charge in [0, 0.05) is 24.9 Å². The molecule has 2 bridgehead atoms. The van der Waals surface area contributed by atoms with E-state index in [4.69, 9.17) is 9.84 Å². The van der Waals surface area contributed by atoms with Crippen LogP contribution in [0.4, 0.5) is 9.18 Å². The van der Waals surface area contributed by atoms with E-state index < -0.39 is 6.09 Å². The number of nitrogens with zero attached hydrogens (tertiary/aromatic N) is 1. The summed E-state index contributed by atoms with van der Waals surface area (Å²) in [7, 11) is 0. The first-order valence-electron chi connectivity index (χ1n) is 6.57. The highest BCUT2D eigenvalue weighted by Gasteiger charge is 2.44. The van der Waals surface area contributed by atoms with E-state index in [-0.39, 0.29) is 24.0 Å². The molecule has 0 saturated carbocycles. The fourth-order valence-corrected chi connectivity index (χ4v) is 3.24. The lowest BCUT2D eigenvalue weighted by atomic mass is 10.0. The zero-order valence-electron chi connectivity index (χ0n) is 10.5. The highest BCUT2D eigenvalue weighted by Crippen LogP contribution is 2.37. The number of rotatable bonds is 2. The van der Waals surface area contributed by atoms with Crippen LogP contribution < -0.4 is 4.74 Å². The lowest BCUT2D eigenvalue weighted by molar-refractivity contribution is 0.0495. The van der Waals surface area contributed by atoms with E-state index in [2.05, 4.69) is 0 Å². The number of hydrogen-bond donors (Lipinski definition) is 1. The number of fused-ring (bicyclic) bond motifs is 2. The summed E-state index contributed by atoms with van der Waals surface area (Å²) >= 11 is 0. The van der Waals surface area contributed by atoms with Gasteiger partial charge in [0.2, 0.25) is 0 Å². The normalized spacial score (nSPS) is 29.3. The average Bonchev–Trinajstić information content (AvgIpc) is 2.65. The smallest absolute Gasteiger partial charge is 0.407 e. The highest BCUT2D eigenvalue weighted by molar-refractivity contribution is 5.66. The van der Waals surface area contributed by atoms with Gasteiger partial charge in [-0.25, -0.2) is 9.18 Å². The molecule has 2 fully saturated rings. The first-order valence-corrected chi connectivity index (χ1v) is 6.57. The van der Waals surface area contributed by atoms with Gasteiger partial charge in [-0.15, -0.1) is 0 Å². The van der Waals surface area contributed by atoms with Crippen molar-refractivity contribution in [3.63, 3.8) is 0 Å². The minimum absolute atomic E-state index is 0.0264. The van der Waals surface area contributed by atoms with Crippen molar-refractivity contribution < 1.29 is 19.0 Å². The molecule has 2 aliphatic heterocycles. The SMILES string of the molecule is O=C(O)N1[C@@H]2CC[C@H]1CC(Oc1ccc(F)cc1)C2. The predicted molar refractivity (Wildman–Crippen MR) is 66.7 cm³/mol. The first-order chi connectivity index (χ1) is 9.13. The molecule has 0 aliphatic carbocycles. The Balaban J connectivity index is 1.66. The van der Waals surface area contributed by atoms with Crippen molar-refractivity contribution >= 4 is 6.09 Å². The lowest BCUT2D eigenvalue weighted by Gasteiger charge is -2.37. The van der Waals surface area contributed by atoms with Crippen molar-refractivity contribution in [3.8, 4) is 5.75 Å². The van der Waals surface area contributed by atoms with Gasteiger partial charge in [-0.05, 0) is 37.1 Å². The van der Waals surface area contributed by atoms with Crippen LogP contribution in [-0.4, -0.2) is 34.3 Å². The highest BCUT2D eigenvalue weighted by atomic mass is 19.1. The summed E-state index contributed by atoms with van der Waals surface area (Å²) in [6.45, 7) is 0. The molecule has 1 N–H and O–H groups in total. The molecule has 0 spiro atoms. The molecule has 5 heteroatoms. The number of amides is 1. The molecule has 3 atom stereocenters. The summed E-state index contributed by atoms with van der Waals surface area (Å²) in [5, 5.41) is 9.17. The van der Waals surface area contributed by atoms with Gasteiger partial charge in [0.05, 0.1) is 0 Å². The quantitative estimate of drug-likeness (QED) is 0.894. The fourth-order valence-electron chi connectivity index (χ4n) is 3.24. The van der Waals surface area contributed by atoms with Crippen molar-refractivity contribution in [2.24, 2.45) is 0 Å². The van der Waals surface area contributed by atoms with Gasteiger partial charge < -0.3 is 14.7 Å². The number of halogens is 1. The minimum atomic E-state index is -0.826. The van der Waals surface area contributed by atoms with E-state index in [0.29, 0.717) is 5.75 Å². The van der Waals surface area contributed by atoms with E-state index in [0.717, 1.165) is 25.7 Å². The third-order valence-electron chi connectivity index (χ3n) is 4.03. The zero-order chi connectivity index (χ0) is 13.4. The molecule has 2 heterocycles. The number of ether oxygens (including phenoxy) is 1. The van der Waals surface area contributed by atoms with Gasteiger partial charge in [0.15, 0.2) is 0 Å². The Kier molecular flexibility index (Phi) is 3.05. The summed E-state index contributed by atoms with van der Waals surface area (Å²) in [5.74, 6) is 0.364. The van der Waals surface area contributed by atoms with Crippen LogP contribution in [0.15, 0.2) is 24.3 Å². The molecule has 102 valence electrons. The molecule has 1 aromatic rings. The first kappa shape index (κ1) is 12.3. The Bertz CT molecular complexity index is 462. The maximum absolute atomic E-state index is 12.8. The fraction of sp³-hybridized carbons (Fsp3) is 0.500. The van der Waals surface area contributed by atoms with Gasteiger partial charge in [0.1, 0.15) is 17.7 Å².